The summed E-state index contributed by atoms with van der Waals surface area (Å²) in [6.45, 7) is 4.51. The molecular formula is C26H27N3O. The summed E-state index contributed by atoms with van der Waals surface area (Å²) in [7, 11) is 0. The Kier molecular flexibility index (Phi) is 6.58. The van der Waals surface area contributed by atoms with Crippen molar-refractivity contribution in [2.75, 3.05) is 18.5 Å². The molecule has 4 nitrogen and oxygen atoms in total. The molecule has 0 unspecified atom stereocenters. The lowest BCUT2D eigenvalue weighted by molar-refractivity contribution is 0.308. The van der Waals surface area contributed by atoms with Crippen LogP contribution in [0.2, 0.25) is 0 Å². The maximum Gasteiger partial charge on any atom is 0.121 e. The van der Waals surface area contributed by atoms with E-state index >= 15 is 0 Å². The number of fused-ring (bicyclic) bond motifs is 1. The number of aryl methyl sites for hydroxylation is 1. The van der Waals surface area contributed by atoms with E-state index in [1.165, 1.54) is 5.56 Å². The van der Waals surface area contributed by atoms with Gasteiger partial charge >= 0.3 is 0 Å². The Hall–Kier alpha value is -3.37. The van der Waals surface area contributed by atoms with Gasteiger partial charge in [-0.25, -0.2) is 0 Å². The van der Waals surface area contributed by atoms with Crippen LogP contribution in [0.25, 0.3) is 10.9 Å². The number of ether oxygens (including phenoxy) is 1. The molecule has 0 amide bonds. The molecule has 4 rings (SSSR count). The second-order valence-electron chi connectivity index (χ2n) is 7.35. The van der Waals surface area contributed by atoms with Crippen LogP contribution in [-0.2, 0) is 6.54 Å². The zero-order valence-corrected chi connectivity index (χ0v) is 17.3. The van der Waals surface area contributed by atoms with Crippen molar-refractivity contribution >= 4 is 22.3 Å². The van der Waals surface area contributed by atoms with Gasteiger partial charge in [-0.15, -0.1) is 0 Å². The molecule has 4 aromatic rings. The molecule has 1 heterocycles. The predicted octanol–water partition coefficient (Wildman–Crippen LogP) is 5.85. The summed E-state index contributed by atoms with van der Waals surface area (Å²) in [6.07, 6.45) is 0.957. The van der Waals surface area contributed by atoms with Gasteiger partial charge in [0.1, 0.15) is 5.75 Å². The van der Waals surface area contributed by atoms with E-state index in [0.29, 0.717) is 6.61 Å². The minimum atomic E-state index is 0.683. The number of benzene rings is 3. The zero-order valence-electron chi connectivity index (χ0n) is 17.3. The van der Waals surface area contributed by atoms with Gasteiger partial charge in [0.15, 0.2) is 0 Å². The average molecular weight is 398 g/mol. The molecule has 0 atom stereocenters. The van der Waals surface area contributed by atoms with Gasteiger partial charge in [-0.05, 0) is 49.7 Å². The number of anilines is 2. The Balaban J connectivity index is 1.30. The SMILES string of the molecule is Cc1cc(Nc2cccc(OCCCNCc3ccccc3)c2)c2ccccc2n1. The number of nitrogens with zero attached hydrogens (tertiary/aromatic N) is 1. The van der Waals surface area contributed by atoms with Crippen molar-refractivity contribution in [3.05, 3.63) is 96.2 Å². The Morgan fingerprint density at radius 3 is 2.60 bits per heavy atom. The fourth-order valence-corrected chi connectivity index (χ4v) is 3.45. The van der Waals surface area contributed by atoms with Crippen LogP contribution in [0.5, 0.6) is 5.75 Å². The quantitative estimate of drug-likeness (QED) is 0.348. The predicted molar refractivity (Wildman–Crippen MR) is 124 cm³/mol. The smallest absolute Gasteiger partial charge is 0.121 e. The molecule has 0 saturated carbocycles. The molecule has 0 aliphatic heterocycles. The second-order valence-corrected chi connectivity index (χ2v) is 7.35. The maximum atomic E-state index is 5.96. The van der Waals surface area contributed by atoms with Crippen LogP contribution in [0.1, 0.15) is 17.7 Å². The largest absolute Gasteiger partial charge is 0.493 e. The Bertz CT molecular complexity index is 1100. The number of rotatable bonds is 9. The average Bonchev–Trinajstić information content (AvgIpc) is 2.77. The highest BCUT2D eigenvalue weighted by Crippen LogP contribution is 2.28. The summed E-state index contributed by atoms with van der Waals surface area (Å²) < 4.78 is 5.96. The molecule has 30 heavy (non-hydrogen) atoms. The molecule has 2 N–H and O–H groups in total. The Labute approximate surface area is 177 Å². The summed E-state index contributed by atoms with van der Waals surface area (Å²) in [5, 5.41) is 8.09. The van der Waals surface area contributed by atoms with E-state index in [4.69, 9.17) is 4.74 Å². The van der Waals surface area contributed by atoms with Crippen LogP contribution in [0.4, 0.5) is 11.4 Å². The lowest BCUT2D eigenvalue weighted by atomic mass is 10.1. The molecular weight excluding hydrogens is 370 g/mol. The number of hydrogen-bond donors (Lipinski definition) is 2. The van der Waals surface area contributed by atoms with Crippen molar-refractivity contribution in [3.8, 4) is 5.75 Å². The van der Waals surface area contributed by atoms with Crippen LogP contribution >= 0.6 is 0 Å². The fraction of sp³-hybridized carbons (Fsp3) is 0.192. The van der Waals surface area contributed by atoms with Gasteiger partial charge in [0.25, 0.3) is 0 Å². The highest BCUT2D eigenvalue weighted by molar-refractivity contribution is 5.93. The molecule has 0 spiro atoms. The number of hydrogen-bond acceptors (Lipinski definition) is 4. The van der Waals surface area contributed by atoms with E-state index in [9.17, 15) is 0 Å². The number of nitrogens with one attached hydrogen (secondary N) is 2. The second kappa shape index (κ2) is 9.90. The van der Waals surface area contributed by atoms with Crippen molar-refractivity contribution in [2.24, 2.45) is 0 Å². The molecule has 0 aliphatic rings. The van der Waals surface area contributed by atoms with Gasteiger partial charge in [0, 0.05) is 35.1 Å². The van der Waals surface area contributed by atoms with Crippen LogP contribution in [-0.4, -0.2) is 18.1 Å². The van der Waals surface area contributed by atoms with Crippen molar-refractivity contribution in [2.45, 2.75) is 19.9 Å². The number of para-hydroxylation sites is 1. The van der Waals surface area contributed by atoms with Gasteiger partial charge < -0.3 is 15.4 Å². The lowest BCUT2D eigenvalue weighted by Gasteiger charge is -2.13. The van der Waals surface area contributed by atoms with E-state index in [-0.39, 0.29) is 0 Å². The summed E-state index contributed by atoms with van der Waals surface area (Å²) >= 11 is 0. The minimum absolute atomic E-state index is 0.683. The highest BCUT2D eigenvalue weighted by Gasteiger charge is 2.05. The van der Waals surface area contributed by atoms with E-state index < -0.39 is 0 Å². The van der Waals surface area contributed by atoms with Gasteiger partial charge in [0.2, 0.25) is 0 Å². The van der Waals surface area contributed by atoms with Crippen LogP contribution < -0.4 is 15.4 Å². The molecule has 1 aromatic heterocycles. The third-order valence-corrected chi connectivity index (χ3v) is 4.90. The van der Waals surface area contributed by atoms with Crippen molar-refractivity contribution in [1.82, 2.24) is 10.3 Å². The van der Waals surface area contributed by atoms with Crippen LogP contribution in [0.15, 0.2) is 84.9 Å². The Morgan fingerprint density at radius 2 is 1.70 bits per heavy atom. The topological polar surface area (TPSA) is 46.2 Å². The van der Waals surface area contributed by atoms with E-state index in [2.05, 4.69) is 58.1 Å². The summed E-state index contributed by atoms with van der Waals surface area (Å²) in [4.78, 5) is 4.61. The third kappa shape index (κ3) is 5.37. The lowest BCUT2D eigenvalue weighted by Crippen LogP contribution is -2.16. The monoisotopic (exact) mass is 397 g/mol. The molecule has 3 aromatic carbocycles. The maximum absolute atomic E-state index is 5.96. The first-order valence-electron chi connectivity index (χ1n) is 10.4. The first-order chi connectivity index (χ1) is 14.8. The molecule has 0 saturated heterocycles. The van der Waals surface area contributed by atoms with Gasteiger partial charge in [0.05, 0.1) is 12.1 Å². The molecule has 0 bridgehead atoms. The standard InChI is InChI=1S/C26H27N3O/c1-20-17-26(24-13-5-6-14-25(24)28-20)29-22-11-7-12-23(18-22)30-16-8-15-27-19-21-9-3-2-4-10-21/h2-7,9-14,17-18,27H,8,15-16,19H2,1H3,(H,28,29). The molecule has 0 aliphatic carbocycles. The fourth-order valence-electron chi connectivity index (χ4n) is 3.45. The van der Waals surface area contributed by atoms with Gasteiger partial charge in [-0.3, -0.25) is 4.98 Å². The van der Waals surface area contributed by atoms with Crippen molar-refractivity contribution in [3.63, 3.8) is 0 Å². The van der Waals surface area contributed by atoms with E-state index in [0.717, 1.165) is 53.2 Å². The summed E-state index contributed by atoms with van der Waals surface area (Å²) in [6, 6.07) is 28.8. The van der Waals surface area contributed by atoms with Gasteiger partial charge in [-0.1, -0.05) is 54.6 Å². The van der Waals surface area contributed by atoms with Crippen LogP contribution in [0.3, 0.4) is 0 Å². The summed E-state index contributed by atoms with van der Waals surface area (Å²) in [5.41, 5.74) is 5.35. The zero-order chi connectivity index (χ0) is 20.6. The third-order valence-electron chi connectivity index (χ3n) is 4.90. The number of aromatic nitrogens is 1. The molecule has 4 heteroatoms. The van der Waals surface area contributed by atoms with E-state index in [1.807, 2.05) is 49.4 Å². The van der Waals surface area contributed by atoms with Gasteiger partial charge in [-0.2, -0.15) is 0 Å². The molecule has 0 radical (unpaired) electrons. The number of pyridine rings is 1. The highest BCUT2D eigenvalue weighted by atomic mass is 16.5. The first kappa shape index (κ1) is 19.9. The van der Waals surface area contributed by atoms with Crippen LogP contribution in [0, 0.1) is 6.92 Å². The van der Waals surface area contributed by atoms with Crippen molar-refractivity contribution < 1.29 is 4.74 Å². The summed E-state index contributed by atoms with van der Waals surface area (Å²) in [5.74, 6) is 0.873. The minimum Gasteiger partial charge on any atom is -0.493 e. The van der Waals surface area contributed by atoms with Crippen molar-refractivity contribution in [1.29, 1.82) is 0 Å². The molecule has 0 fully saturated rings. The Morgan fingerprint density at radius 1 is 0.867 bits per heavy atom. The normalized spacial score (nSPS) is 10.8. The van der Waals surface area contributed by atoms with E-state index in [1.54, 1.807) is 0 Å². The molecule has 152 valence electrons. The first-order valence-corrected chi connectivity index (χ1v) is 10.4.